The monoisotopic (exact) mass is 340 g/mol. The van der Waals surface area contributed by atoms with Crippen molar-refractivity contribution in [1.82, 2.24) is 9.88 Å². The number of amides is 1. The van der Waals surface area contributed by atoms with Crippen LogP contribution < -0.4 is 0 Å². The number of hydrogen-bond donors (Lipinski definition) is 2. The fourth-order valence-electron chi connectivity index (χ4n) is 3.18. The SMILES string of the molecule is CC1CCN(C(=O)c2ccc(C(=O)c3cc[nH]c3)cc2)C(C(=O)O)C1. The lowest BCUT2D eigenvalue weighted by Crippen LogP contribution is -2.49. The number of nitrogens with one attached hydrogen (secondary N) is 1. The van der Waals surface area contributed by atoms with Crippen LogP contribution in [0.2, 0.25) is 0 Å². The molecule has 2 heterocycles. The maximum absolute atomic E-state index is 12.7. The van der Waals surface area contributed by atoms with Crippen LogP contribution >= 0.6 is 0 Å². The van der Waals surface area contributed by atoms with Gasteiger partial charge in [-0.2, -0.15) is 0 Å². The standard InChI is InChI=1S/C19H20N2O4/c1-12-7-9-21(16(10-12)19(24)25)18(23)14-4-2-13(3-5-14)17(22)15-6-8-20-11-15/h2-6,8,11-12,16,20H,7,9-10H2,1H3,(H,24,25). The highest BCUT2D eigenvalue weighted by Gasteiger charge is 2.35. The number of carbonyl (C=O) groups is 3. The molecule has 2 atom stereocenters. The fourth-order valence-corrected chi connectivity index (χ4v) is 3.18. The molecule has 2 aromatic rings. The Bertz CT molecular complexity index is 780. The highest BCUT2D eigenvalue weighted by molar-refractivity contribution is 6.09. The number of carbonyl (C=O) groups excluding carboxylic acids is 2. The molecule has 1 fully saturated rings. The summed E-state index contributed by atoms with van der Waals surface area (Å²) in [7, 11) is 0. The number of likely N-dealkylation sites (tertiary alicyclic amines) is 1. The number of benzene rings is 1. The van der Waals surface area contributed by atoms with Gasteiger partial charge in [-0.25, -0.2) is 4.79 Å². The average molecular weight is 340 g/mol. The van der Waals surface area contributed by atoms with Gasteiger partial charge in [-0.15, -0.1) is 0 Å². The molecule has 3 rings (SSSR count). The molecule has 25 heavy (non-hydrogen) atoms. The molecule has 1 saturated heterocycles. The first-order valence-electron chi connectivity index (χ1n) is 8.28. The molecule has 6 heteroatoms. The predicted octanol–water partition coefficient (Wildman–Crippen LogP) is 2.57. The average Bonchev–Trinajstić information content (AvgIpc) is 3.15. The predicted molar refractivity (Wildman–Crippen MR) is 91.5 cm³/mol. The maximum atomic E-state index is 12.7. The van der Waals surface area contributed by atoms with Crippen molar-refractivity contribution in [1.29, 1.82) is 0 Å². The normalized spacial score (nSPS) is 20.3. The van der Waals surface area contributed by atoms with E-state index in [0.29, 0.717) is 29.7 Å². The second-order valence-corrected chi connectivity index (χ2v) is 6.49. The van der Waals surface area contributed by atoms with Crippen molar-refractivity contribution in [3.8, 4) is 0 Å². The zero-order valence-electron chi connectivity index (χ0n) is 13.9. The lowest BCUT2D eigenvalue weighted by molar-refractivity contribution is -0.144. The molecule has 1 aliphatic rings. The minimum Gasteiger partial charge on any atom is -0.480 e. The number of aromatic nitrogens is 1. The van der Waals surface area contributed by atoms with Crippen LogP contribution in [0.15, 0.2) is 42.7 Å². The van der Waals surface area contributed by atoms with E-state index in [1.54, 1.807) is 42.7 Å². The van der Waals surface area contributed by atoms with Gasteiger partial charge in [-0.1, -0.05) is 19.1 Å². The Morgan fingerprint density at radius 2 is 1.76 bits per heavy atom. The molecular weight excluding hydrogens is 320 g/mol. The van der Waals surface area contributed by atoms with Gasteiger partial charge < -0.3 is 15.0 Å². The first-order valence-corrected chi connectivity index (χ1v) is 8.28. The number of carboxylic acids is 1. The molecule has 1 amide bonds. The molecular formula is C19H20N2O4. The lowest BCUT2D eigenvalue weighted by atomic mass is 9.91. The third-order valence-electron chi connectivity index (χ3n) is 4.66. The van der Waals surface area contributed by atoms with Gasteiger partial charge in [-0.05, 0) is 37.0 Å². The van der Waals surface area contributed by atoms with E-state index >= 15 is 0 Å². The molecule has 0 spiro atoms. The van der Waals surface area contributed by atoms with Crippen LogP contribution in [0.5, 0.6) is 0 Å². The largest absolute Gasteiger partial charge is 0.480 e. The van der Waals surface area contributed by atoms with Gasteiger partial charge in [-0.3, -0.25) is 9.59 Å². The van der Waals surface area contributed by atoms with Crippen molar-refractivity contribution in [3.63, 3.8) is 0 Å². The van der Waals surface area contributed by atoms with Gasteiger partial charge in [0.2, 0.25) is 0 Å². The second kappa shape index (κ2) is 6.93. The Balaban J connectivity index is 1.78. The van der Waals surface area contributed by atoms with Crippen LogP contribution in [-0.2, 0) is 4.79 Å². The van der Waals surface area contributed by atoms with E-state index in [1.807, 2.05) is 6.92 Å². The number of carboxylic acid groups (broad SMARTS) is 1. The quantitative estimate of drug-likeness (QED) is 0.837. The molecule has 6 nitrogen and oxygen atoms in total. The van der Waals surface area contributed by atoms with Crippen molar-refractivity contribution in [2.24, 2.45) is 5.92 Å². The minimum absolute atomic E-state index is 0.129. The van der Waals surface area contributed by atoms with E-state index < -0.39 is 12.0 Å². The first kappa shape index (κ1) is 17.0. The molecule has 0 radical (unpaired) electrons. The van der Waals surface area contributed by atoms with Crippen molar-refractivity contribution in [3.05, 3.63) is 59.4 Å². The zero-order chi connectivity index (χ0) is 18.0. The molecule has 0 saturated carbocycles. The second-order valence-electron chi connectivity index (χ2n) is 6.49. The summed E-state index contributed by atoms with van der Waals surface area (Å²) in [5.74, 6) is -1.12. The lowest BCUT2D eigenvalue weighted by Gasteiger charge is -2.36. The summed E-state index contributed by atoms with van der Waals surface area (Å²) in [5, 5.41) is 9.40. The molecule has 1 aromatic carbocycles. The molecule has 1 aromatic heterocycles. The Morgan fingerprint density at radius 3 is 2.36 bits per heavy atom. The smallest absolute Gasteiger partial charge is 0.326 e. The number of aromatic amines is 1. The van der Waals surface area contributed by atoms with Crippen LogP contribution in [0.1, 0.15) is 46.0 Å². The molecule has 2 N–H and O–H groups in total. The number of nitrogens with zero attached hydrogens (tertiary/aromatic N) is 1. The van der Waals surface area contributed by atoms with Crippen LogP contribution in [-0.4, -0.2) is 45.2 Å². The molecule has 0 aliphatic carbocycles. The summed E-state index contributed by atoms with van der Waals surface area (Å²) in [6.07, 6.45) is 4.55. The van der Waals surface area contributed by atoms with Gasteiger partial charge in [0.25, 0.3) is 5.91 Å². The van der Waals surface area contributed by atoms with E-state index in [1.165, 1.54) is 4.90 Å². The number of piperidine rings is 1. The summed E-state index contributed by atoms with van der Waals surface area (Å²) in [5.41, 5.74) is 1.43. The summed E-state index contributed by atoms with van der Waals surface area (Å²) < 4.78 is 0. The third kappa shape index (κ3) is 3.47. The third-order valence-corrected chi connectivity index (χ3v) is 4.66. The Hall–Kier alpha value is -2.89. The van der Waals surface area contributed by atoms with Crippen molar-refractivity contribution >= 4 is 17.7 Å². The van der Waals surface area contributed by atoms with Gasteiger partial charge in [0.1, 0.15) is 6.04 Å². The number of hydrogen-bond acceptors (Lipinski definition) is 3. The number of rotatable bonds is 4. The number of ketones is 1. The number of aliphatic carboxylic acids is 1. The van der Waals surface area contributed by atoms with Crippen molar-refractivity contribution < 1.29 is 19.5 Å². The minimum atomic E-state index is -0.973. The topological polar surface area (TPSA) is 90.5 Å². The van der Waals surface area contributed by atoms with E-state index in [-0.39, 0.29) is 17.6 Å². The Morgan fingerprint density at radius 1 is 1.08 bits per heavy atom. The van der Waals surface area contributed by atoms with Crippen LogP contribution in [0.4, 0.5) is 0 Å². The van der Waals surface area contributed by atoms with Crippen molar-refractivity contribution in [2.45, 2.75) is 25.8 Å². The van der Waals surface area contributed by atoms with E-state index in [4.69, 9.17) is 0 Å². The molecule has 130 valence electrons. The van der Waals surface area contributed by atoms with E-state index in [0.717, 1.165) is 6.42 Å². The van der Waals surface area contributed by atoms with Gasteiger partial charge in [0.05, 0.1) is 0 Å². The van der Waals surface area contributed by atoms with E-state index in [2.05, 4.69) is 4.98 Å². The summed E-state index contributed by atoms with van der Waals surface area (Å²) >= 11 is 0. The van der Waals surface area contributed by atoms with E-state index in [9.17, 15) is 19.5 Å². The Kier molecular flexibility index (Phi) is 4.70. The summed E-state index contributed by atoms with van der Waals surface area (Å²) in [6.45, 7) is 2.43. The summed E-state index contributed by atoms with van der Waals surface area (Å²) in [4.78, 5) is 40.7. The van der Waals surface area contributed by atoms with Crippen LogP contribution in [0.3, 0.4) is 0 Å². The molecule has 2 unspecified atom stereocenters. The highest BCUT2D eigenvalue weighted by Crippen LogP contribution is 2.24. The van der Waals surface area contributed by atoms with Gasteiger partial charge in [0, 0.05) is 35.6 Å². The Labute approximate surface area is 145 Å². The first-order chi connectivity index (χ1) is 12.0. The van der Waals surface area contributed by atoms with Crippen LogP contribution in [0.25, 0.3) is 0 Å². The summed E-state index contributed by atoms with van der Waals surface area (Å²) in [6, 6.07) is 7.26. The molecule has 0 bridgehead atoms. The fraction of sp³-hybridized carbons (Fsp3) is 0.316. The molecule has 1 aliphatic heterocycles. The van der Waals surface area contributed by atoms with Gasteiger partial charge >= 0.3 is 5.97 Å². The van der Waals surface area contributed by atoms with Crippen LogP contribution in [0, 0.1) is 5.92 Å². The maximum Gasteiger partial charge on any atom is 0.326 e. The zero-order valence-corrected chi connectivity index (χ0v) is 13.9. The van der Waals surface area contributed by atoms with Crippen molar-refractivity contribution in [2.75, 3.05) is 6.54 Å². The highest BCUT2D eigenvalue weighted by atomic mass is 16.4. The van der Waals surface area contributed by atoms with Gasteiger partial charge in [0.15, 0.2) is 5.78 Å². The number of H-pyrrole nitrogens is 1.